The molecule has 0 saturated carbocycles. The third-order valence-electron chi connectivity index (χ3n) is 2.57. The second kappa shape index (κ2) is 3.01. The van der Waals surface area contributed by atoms with Crippen LogP contribution in [0.15, 0.2) is 50.3 Å². The van der Waals surface area contributed by atoms with E-state index in [0.29, 0.717) is 0 Å². The van der Waals surface area contributed by atoms with Gasteiger partial charge in [-0.3, -0.25) is 4.90 Å². The summed E-state index contributed by atoms with van der Waals surface area (Å²) in [5.74, 6) is 2.72. The molecule has 4 nitrogen and oxygen atoms in total. The Bertz CT molecular complexity index is 475. The van der Waals surface area contributed by atoms with Crippen molar-refractivity contribution in [3.63, 3.8) is 0 Å². The predicted molar refractivity (Wildman–Crippen MR) is 65.4 cm³/mol. The Morgan fingerprint density at radius 3 is 1.31 bits per heavy atom. The van der Waals surface area contributed by atoms with Crippen molar-refractivity contribution < 1.29 is 0 Å². The van der Waals surface area contributed by atoms with Gasteiger partial charge >= 0.3 is 0 Å². The van der Waals surface area contributed by atoms with Crippen LogP contribution in [-0.4, -0.2) is 22.4 Å². The SMILES string of the molecule is CC1=CC2=NC(C)=CC3=NC(C)=CC(=N1)N23. The molecule has 0 amide bonds. The molecule has 4 heteroatoms. The van der Waals surface area contributed by atoms with Crippen molar-refractivity contribution in [2.45, 2.75) is 20.8 Å². The fraction of sp³-hybridized carbons (Fsp3) is 0.250. The molecule has 80 valence electrons. The molecule has 3 aliphatic rings. The van der Waals surface area contributed by atoms with Gasteiger partial charge in [0, 0.05) is 35.3 Å². The maximum atomic E-state index is 4.50. The molecule has 0 aromatic carbocycles. The first-order valence-corrected chi connectivity index (χ1v) is 5.24. The van der Waals surface area contributed by atoms with Crippen LogP contribution in [0, 0.1) is 0 Å². The van der Waals surface area contributed by atoms with Crippen LogP contribution in [0.5, 0.6) is 0 Å². The molecule has 0 spiro atoms. The molecule has 0 saturated heterocycles. The first-order chi connectivity index (χ1) is 7.63. The fourth-order valence-electron chi connectivity index (χ4n) is 1.99. The standard InChI is InChI=1S/C12H12N4/c1-7-4-10-14-9(3)6-12-15-8(2)5-11(13-7)16(10)12/h4-6H,1-3H3. The summed E-state index contributed by atoms with van der Waals surface area (Å²) in [6.45, 7) is 5.94. The third kappa shape index (κ3) is 1.26. The summed E-state index contributed by atoms with van der Waals surface area (Å²) < 4.78 is 0. The van der Waals surface area contributed by atoms with Crippen LogP contribution in [0.3, 0.4) is 0 Å². The number of amidine groups is 3. The van der Waals surface area contributed by atoms with Gasteiger partial charge < -0.3 is 0 Å². The molecule has 0 fully saturated rings. The Morgan fingerprint density at radius 1 is 0.688 bits per heavy atom. The second-order valence-electron chi connectivity index (χ2n) is 4.10. The Balaban J connectivity index is 2.24. The first kappa shape index (κ1) is 9.27. The lowest BCUT2D eigenvalue weighted by atomic mass is 10.2. The van der Waals surface area contributed by atoms with E-state index in [0.717, 1.165) is 34.6 Å². The minimum Gasteiger partial charge on any atom is -0.262 e. The van der Waals surface area contributed by atoms with Gasteiger partial charge in [-0.2, -0.15) is 0 Å². The maximum absolute atomic E-state index is 4.50. The monoisotopic (exact) mass is 212 g/mol. The highest BCUT2D eigenvalue weighted by Crippen LogP contribution is 2.22. The zero-order valence-corrected chi connectivity index (χ0v) is 9.52. The summed E-state index contributed by atoms with van der Waals surface area (Å²) in [7, 11) is 0. The highest BCUT2D eigenvalue weighted by Gasteiger charge is 2.28. The molecule has 0 atom stereocenters. The Labute approximate surface area is 94.1 Å². The summed E-state index contributed by atoms with van der Waals surface area (Å²) in [5, 5.41) is 0. The number of rotatable bonds is 0. The van der Waals surface area contributed by atoms with Gasteiger partial charge in [0.2, 0.25) is 0 Å². The van der Waals surface area contributed by atoms with E-state index >= 15 is 0 Å². The summed E-state index contributed by atoms with van der Waals surface area (Å²) in [5.41, 5.74) is 2.93. The summed E-state index contributed by atoms with van der Waals surface area (Å²) >= 11 is 0. The predicted octanol–water partition coefficient (Wildman–Crippen LogP) is 2.24. The van der Waals surface area contributed by atoms with Gasteiger partial charge in [-0.05, 0) is 20.8 Å². The average Bonchev–Trinajstić information content (AvgIpc) is 2.14. The maximum Gasteiger partial charge on any atom is 0.142 e. The van der Waals surface area contributed by atoms with E-state index in [1.165, 1.54) is 0 Å². The number of aliphatic imine (C=N–C) groups is 3. The molecule has 0 aromatic heterocycles. The Morgan fingerprint density at radius 2 is 1.00 bits per heavy atom. The van der Waals surface area contributed by atoms with E-state index in [1.807, 2.05) is 43.9 Å². The molecular weight excluding hydrogens is 200 g/mol. The van der Waals surface area contributed by atoms with Gasteiger partial charge in [0.05, 0.1) is 0 Å². The number of hydrogen-bond donors (Lipinski definition) is 0. The molecule has 3 heterocycles. The number of allylic oxidation sites excluding steroid dienone is 3. The van der Waals surface area contributed by atoms with Gasteiger partial charge in [-0.25, -0.2) is 15.0 Å². The molecule has 3 rings (SSSR count). The third-order valence-corrected chi connectivity index (χ3v) is 2.57. The molecule has 0 aliphatic carbocycles. The van der Waals surface area contributed by atoms with E-state index in [-0.39, 0.29) is 0 Å². The van der Waals surface area contributed by atoms with Crippen molar-refractivity contribution in [1.82, 2.24) is 4.90 Å². The minimum atomic E-state index is 0.907. The Hall–Kier alpha value is -1.97. The van der Waals surface area contributed by atoms with Gasteiger partial charge in [0.25, 0.3) is 0 Å². The van der Waals surface area contributed by atoms with Crippen molar-refractivity contribution >= 4 is 17.5 Å². The first-order valence-electron chi connectivity index (χ1n) is 5.24. The smallest absolute Gasteiger partial charge is 0.142 e. The van der Waals surface area contributed by atoms with E-state index in [1.54, 1.807) is 0 Å². The van der Waals surface area contributed by atoms with E-state index in [9.17, 15) is 0 Å². The lowest BCUT2D eigenvalue weighted by molar-refractivity contribution is 0.855. The molecule has 0 bridgehead atoms. The molecule has 16 heavy (non-hydrogen) atoms. The van der Waals surface area contributed by atoms with Gasteiger partial charge in [-0.15, -0.1) is 0 Å². The van der Waals surface area contributed by atoms with E-state index < -0.39 is 0 Å². The van der Waals surface area contributed by atoms with Crippen molar-refractivity contribution in [3.8, 4) is 0 Å². The zero-order chi connectivity index (χ0) is 11.3. The largest absolute Gasteiger partial charge is 0.262 e. The normalized spacial score (nSPS) is 22.3. The average molecular weight is 212 g/mol. The fourth-order valence-corrected chi connectivity index (χ4v) is 1.99. The highest BCUT2D eigenvalue weighted by molar-refractivity contribution is 6.28. The van der Waals surface area contributed by atoms with Crippen LogP contribution in [-0.2, 0) is 0 Å². The van der Waals surface area contributed by atoms with Gasteiger partial charge in [-0.1, -0.05) is 0 Å². The van der Waals surface area contributed by atoms with Crippen molar-refractivity contribution in [1.29, 1.82) is 0 Å². The molecule has 0 aromatic rings. The van der Waals surface area contributed by atoms with E-state index in [2.05, 4.69) is 15.0 Å². The number of nitrogens with zero attached hydrogens (tertiary/aromatic N) is 4. The molecular formula is C12H12N4. The van der Waals surface area contributed by atoms with Crippen LogP contribution in [0.4, 0.5) is 0 Å². The highest BCUT2D eigenvalue weighted by atomic mass is 15.3. The van der Waals surface area contributed by atoms with Crippen LogP contribution in [0.2, 0.25) is 0 Å². The van der Waals surface area contributed by atoms with Gasteiger partial charge in [0.1, 0.15) is 17.5 Å². The quantitative estimate of drug-likeness (QED) is 0.607. The van der Waals surface area contributed by atoms with Crippen LogP contribution in [0.25, 0.3) is 0 Å². The van der Waals surface area contributed by atoms with Crippen LogP contribution < -0.4 is 0 Å². The molecule has 3 aliphatic heterocycles. The topological polar surface area (TPSA) is 40.3 Å². The second-order valence-corrected chi connectivity index (χ2v) is 4.10. The summed E-state index contributed by atoms with van der Waals surface area (Å²) in [4.78, 5) is 15.5. The van der Waals surface area contributed by atoms with Crippen molar-refractivity contribution in [3.05, 3.63) is 35.3 Å². The van der Waals surface area contributed by atoms with Gasteiger partial charge in [0.15, 0.2) is 0 Å². The Kier molecular flexibility index (Phi) is 1.74. The summed E-state index contributed by atoms with van der Waals surface area (Å²) in [6, 6.07) is 0. The van der Waals surface area contributed by atoms with Crippen LogP contribution >= 0.6 is 0 Å². The van der Waals surface area contributed by atoms with Crippen LogP contribution in [0.1, 0.15) is 20.8 Å². The van der Waals surface area contributed by atoms with Crippen molar-refractivity contribution in [2.24, 2.45) is 15.0 Å². The molecule has 0 unspecified atom stereocenters. The molecule has 0 radical (unpaired) electrons. The molecule has 0 N–H and O–H groups in total. The zero-order valence-electron chi connectivity index (χ0n) is 9.52. The number of hydrogen-bond acceptors (Lipinski definition) is 4. The van der Waals surface area contributed by atoms with Crippen molar-refractivity contribution in [2.75, 3.05) is 0 Å². The summed E-state index contributed by atoms with van der Waals surface area (Å²) in [6.07, 6.45) is 5.93. The minimum absolute atomic E-state index is 0.907. The lowest BCUT2D eigenvalue weighted by Gasteiger charge is -2.32. The van der Waals surface area contributed by atoms with E-state index in [4.69, 9.17) is 0 Å². The lowest BCUT2D eigenvalue weighted by Crippen LogP contribution is -2.44.